The molecule has 2 aromatic rings. The SMILES string of the molecule is CN(CCCC1CC(c2ccccc2)NN1)C(=O)c1cc(F)cc([N+](=O)[O-])c1N. The molecule has 1 aliphatic heterocycles. The first kappa shape index (κ1) is 20.7. The Morgan fingerprint density at radius 2 is 2.03 bits per heavy atom. The molecular weight excluding hydrogens is 377 g/mol. The number of hydrazine groups is 1. The van der Waals surface area contributed by atoms with Gasteiger partial charge in [0.25, 0.3) is 11.6 Å². The van der Waals surface area contributed by atoms with E-state index in [1.165, 1.54) is 10.5 Å². The number of halogens is 1. The van der Waals surface area contributed by atoms with Crippen molar-refractivity contribution in [1.82, 2.24) is 15.8 Å². The van der Waals surface area contributed by atoms with Crippen LogP contribution in [-0.4, -0.2) is 35.4 Å². The number of nitrogens with zero attached hydrogens (tertiary/aromatic N) is 2. The van der Waals surface area contributed by atoms with Crippen LogP contribution < -0.4 is 16.6 Å². The van der Waals surface area contributed by atoms with E-state index in [0.29, 0.717) is 12.6 Å². The molecule has 2 aromatic carbocycles. The number of nitrogens with one attached hydrogen (secondary N) is 2. The molecule has 8 nitrogen and oxygen atoms in total. The van der Waals surface area contributed by atoms with Crippen molar-refractivity contribution >= 4 is 17.3 Å². The quantitative estimate of drug-likeness (QED) is 0.373. The minimum Gasteiger partial charge on any atom is -0.393 e. The second-order valence-corrected chi connectivity index (χ2v) is 7.20. The summed E-state index contributed by atoms with van der Waals surface area (Å²) in [5, 5.41) is 11.0. The molecule has 3 rings (SSSR count). The number of amides is 1. The van der Waals surface area contributed by atoms with Gasteiger partial charge in [0, 0.05) is 25.7 Å². The zero-order valence-electron chi connectivity index (χ0n) is 16.1. The van der Waals surface area contributed by atoms with Crippen LogP contribution in [-0.2, 0) is 0 Å². The molecule has 1 heterocycles. The molecule has 1 aliphatic rings. The van der Waals surface area contributed by atoms with Crippen LogP contribution in [0.4, 0.5) is 15.8 Å². The van der Waals surface area contributed by atoms with Crippen LogP contribution in [0.1, 0.15) is 41.2 Å². The summed E-state index contributed by atoms with van der Waals surface area (Å²) in [6.07, 6.45) is 2.50. The first-order chi connectivity index (χ1) is 13.9. The highest BCUT2D eigenvalue weighted by atomic mass is 19.1. The molecule has 2 unspecified atom stereocenters. The smallest absolute Gasteiger partial charge is 0.295 e. The van der Waals surface area contributed by atoms with E-state index in [1.807, 2.05) is 18.2 Å². The van der Waals surface area contributed by atoms with Gasteiger partial charge in [0.2, 0.25) is 0 Å². The van der Waals surface area contributed by atoms with E-state index in [2.05, 4.69) is 23.0 Å². The molecule has 0 bridgehead atoms. The van der Waals surface area contributed by atoms with Gasteiger partial charge in [-0.15, -0.1) is 0 Å². The van der Waals surface area contributed by atoms with Gasteiger partial charge in [0.1, 0.15) is 11.5 Å². The Bertz CT molecular complexity index is 893. The largest absolute Gasteiger partial charge is 0.393 e. The van der Waals surface area contributed by atoms with Crippen LogP contribution in [0.3, 0.4) is 0 Å². The monoisotopic (exact) mass is 401 g/mol. The average molecular weight is 401 g/mol. The van der Waals surface area contributed by atoms with Gasteiger partial charge in [0.05, 0.1) is 16.6 Å². The van der Waals surface area contributed by atoms with E-state index in [-0.39, 0.29) is 23.3 Å². The zero-order valence-corrected chi connectivity index (χ0v) is 16.1. The molecule has 9 heteroatoms. The highest BCUT2D eigenvalue weighted by Crippen LogP contribution is 2.28. The number of nitrogen functional groups attached to an aromatic ring is 1. The molecule has 1 saturated heterocycles. The predicted molar refractivity (Wildman–Crippen MR) is 108 cm³/mol. The van der Waals surface area contributed by atoms with Crippen molar-refractivity contribution in [3.8, 4) is 0 Å². The van der Waals surface area contributed by atoms with Crippen molar-refractivity contribution in [3.63, 3.8) is 0 Å². The van der Waals surface area contributed by atoms with Crippen LogP contribution in [0.25, 0.3) is 0 Å². The molecule has 154 valence electrons. The fourth-order valence-electron chi connectivity index (χ4n) is 3.53. The van der Waals surface area contributed by atoms with Gasteiger partial charge in [-0.05, 0) is 30.9 Å². The van der Waals surface area contributed by atoms with E-state index >= 15 is 0 Å². The summed E-state index contributed by atoms with van der Waals surface area (Å²) in [5.41, 5.74) is 12.4. The molecule has 0 aliphatic carbocycles. The van der Waals surface area contributed by atoms with E-state index in [1.54, 1.807) is 7.05 Å². The van der Waals surface area contributed by atoms with Crippen LogP contribution >= 0.6 is 0 Å². The molecule has 0 saturated carbocycles. The minimum absolute atomic E-state index is 0.191. The molecular formula is C20H24FN5O3. The van der Waals surface area contributed by atoms with Gasteiger partial charge < -0.3 is 10.6 Å². The first-order valence-corrected chi connectivity index (χ1v) is 9.41. The maximum atomic E-state index is 13.7. The third-order valence-electron chi connectivity index (χ3n) is 5.13. The number of nitro benzene ring substituents is 1. The molecule has 0 aromatic heterocycles. The Hall–Kier alpha value is -3.04. The topological polar surface area (TPSA) is 114 Å². The lowest BCUT2D eigenvalue weighted by Crippen LogP contribution is -2.32. The number of carbonyl (C=O) groups is 1. The molecule has 1 amide bonds. The number of anilines is 1. The molecule has 29 heavy (non-hydrogen) atoms. The lowest BCUT2D eigenvalue weighted by Gasteiger charge is -2.19. The number of carbonyl (C=O) groups excluding carboxylic acids is 1. The summed E-state index contributed by atoms with van der Waals surface area (Å²) < 4.78 is 13.7. The standard InChI is InChI=1S/C20H24FN5O3/c1-25(20(27)16-10-14(21)11-18(19(16)22)26(28)29)9-5-8-15-12-17(24-23-15)13-6-3-2-4-7-13/h2-4,6-7,10-11,15,17,23-24H,5,8-9,12,22H2,1H3. The minimum atomic E-state index is -0.865. The van der Waals surface area contributed by atoms with Gasteiger partial charge in [-0.25, -0.2) is 4.39 Å². The van der Waals surface area contributed by atoms with E-state index in [0.717, 1.165) is 25.3 Å². The van der Waals surface area contributed by atoms with Gasteiger partial charge in [-0.2, -0.15) is 0 Å². The number of nitro groups is 1. The Balaban J connectivity index is 1.53. The van der Waals surface area contributed by atoms with Crippen LogP contribution in [0.2, 0.25) is 0 Å². The van der Waals surface area contributed by atoms with Crippen molar-refractivity contribution < 1.29 is 14.1 Å². The zero-order chi connectivity index (χ0) is 21.0. The normalized spacial score (nSPS) is 18.6. The molecule has 4 N–H and O–H groups in total. The fourth-order valence-corrected chi connectivity index (χ4v) is 3.53. The summed E-state index contributed by atoms with van der Waals surface area (Å²) in [5.74, 6) is -1.40. The van der Waals surface area contributed by atoms with Gasteiger partial charge >= 0.3 is 0 Å². The van der Waals surface area contributed by atoms with Crippen molar-refractivity contribution in [2.75, 3.05) is 19.3 Å². The maximum Gasteiger partial charge on any atom is 0.295 e. The van der Waals surface area contributed by atoms with Crippen LogP contribution in [0.15, 0.2) is 42.5 Å². The fraction of sp³-hybridized carbons (Fsp3) is 0.350. The summed E-state index contributed by atoms with van der Waals surface area (Å²) in [6.45, 7) is 0.427. The first-order valence-electron chi connectivity index (χ1n) is 9.41. The third-order valence-corrected chi connectivity index (χ3v) is 5.13. The lowest BCUT2D eigenvalue weighted by molar-refractivity contribution is -0.384. The van der Waals surface area contributed by atoms with Crippen molar-refractivity contribution in [2.24, 2.45) is 0 Å². The Morgan fingerprint density at radius 1 is 1.31 bits per heavy atom. The molecule has 0 spiro atoms. The van der Waals surface area contributed by atoms with Gasteiger partial charge in [-0.3, -0.25) is 25.8 Å². The van der Waals surface area contributed by atoms with Crippen molar-refractivity contribution in [2.45, 2.75) is 31.3 Å². The maximum absolute atomic E-state index is 13.7. The van der Waals surface area contributed by atoms with Crippen LogP contribution in [0, 0.1) is 15.9 Å². The summed E-state index contributed by atoms with van der Waals surface area (Å²) in [6, 6.07) is 12.3. The predicted octanol–water partition coefficient (Wildman–Crippen LogP) is 2.78. The van der Waals surface area contributed by atoms with Gasteiger partial charge in [0.15, 0.2) is 0 Å². The Kier molecular flexibility index (Phi) is 6.40. The van der Waals surface area contributed by atoms with Crippen molar-refractivity contribution in [3.05, 3.63) is 69.5 Å². The third kappa shape index (κ3) is 4.87. The Morgan fingerprint density at radius 3 is 2.72 bits per heavy atom. The van der Waals surface area contributed by atoms with Gasteiger partial charge in [-0.1, -0.05) is 30.3 Å². The summed E-state index contributed by atoms with van der Waals surface area (Å²) in [4.78, 5) is 24.2. The van der Waals surface area contributed by atoms with E-state index in [4.69, 9.17) is 5.73 Å². The van der Waals surface area contributed by atoms with E-state index < -0.39 is 22.3 Å². The van der Waals surface area contributed by atoms with Crippen molar-refractivity contribution in [1.29, 1.82) is 0 Å². The number of nitrogens with two attached hydrogens (primary N) is 1. The van der Waals surface area contributed by atoms with E-state index in [9.17, 15) is 19.3 Å². The average Bonchev–Trinajstić information content (AvgIpc) is 3.18. The van der Waals surface area contributed by atoms with Crippen LogP contribution in [0.5, 0.6) is 0 Å². The molecule has 2 atom stereocenters. The highest BCUT2D eigenvalue weighted by molar-refractivity contribution is 6.00. The summed E-state index contributed by atoms with van der Waals surface area (Å²) in [7, 11) is 1.58. The Labute approximate surface area is 168 Å². The molecule has 1 fully saturated rings. The number of benzene rings is 2. The second kappa shape index (κ2) is 8.97. The lowest BCUT2D eigenvalue weighted by atomic mass is 10.00. The number of hydrogen-bond acceptors (Lipinski definition) is 6. The summed E-state index contributed by atoms with van der Waals surface area (Å²) >= 11 is 0. The second-order valence-electron chi connectivity index (χ2n) is 7.20. The molecule has 0 radical (unpaired) electrons. The highest BCUT2D eigenvalue weighted by Gasteiger charge is 2.26. The number of hydrogen-bond donors (Lipinski definition) is 3. The number of rotatable bonds is 7.